The number of anilines is 1. The zero-order valence-corrected chi connectivity index (χ0v) is 17.5. The van der Waals surface area contributed by atoms with E-state index in [9.17, 15) is 13.2 Å². The molecule has 0 spiro atoms. The normalized spacial score (nSPS) is 11.2. The van der Waals surface area contributed by atoms with E-state index in [1.54, 1.807) is 18.2 Å². The van der Waals surface area contributed by atoms with Crippen LogP contribution in [0.25, 0.3) is 0 Å². The third-order valence-corrected chi connectivity index (χ3v) is 6.57. The molecule has 0 aliphatic heterocycles. The summed E-state index contributed by atoms with van der Waals surface area (Å²) >= 11 is 0.780. The largest absolute Gasteiger partial charge is 0.492 e. The summed E-state index contributed by atoms with van der Waals surface area (Å²) in [4.78, 5) is 12.3. The molecule has 0 aliphatic rings. The molecule has 10 heteroatoms. The molecule has 2 N–H and O–H groups in total. The molecule has 0 aliphatic carbocycles. The molecule has 0 unspecified atom stereocenters. The van der Waals surface area contributed by atoms with Crippen molar-refractivity contribution in [3.05, 3.63) is 65.2 Å². The zero-order valence-electron chi connectivity index (χ0n) is 15.9. The maximum Gasteiger partial charge on any atom is 0.269 e. The summed E-state index contributed by atoms with van der Waals surface area (Å²) in [6, 6.07) is 14.5. The minimum absolute atomic E-state index is 0.0702. The highest BCUT2D eigenvalue weighted by molar-refractivity contribution is 7.91. The van der Waals surface area contributed by atoms with Crippen molar-refractivity contribution in [1.29, 1.82) is 0 Å². The van der Waals surface area contributed by atoms with Gasteiger partial charge in [0, 0.05) is 12.1 Å². The van der Waals surface area contributed by atoms with Crippen molar-refractivity contribution < 1.29 is 17.9 Å². The lowest BCUT2D eigenvalue weighted by Gasteiger charge is -2.07. The predicted octanol–water partition coefficient (Wildman–Crippen LogP) is 2.76. The Morgan fingerprint density at radius 3 is 2.66 bits per heavy atom. The molecular weight excluding hydrogens is 412 g/mol. The van der Waals surface area contributed by atoms with E-state index in [0.29, 0.717) is 11.3 Å². The second kappa shape index (κ2) is 9.12. The summed E-state index contributed by atoms with van der Waals surface area (Å²) < 4.78 is 32.4. The van der Waals surface area contributed by atoms with Gasteiger partial charge in [0.05, 0.1) is 0 Å². The molecule has 2 aromatic carbocycles. The number of carbonyl (C=O) groups excluding carboxylic acids is 1. The van der Waals surface area contributed by atoms with Gasteiger partial charge >= 0.3 is 0 Å². The maximum atomic E-state index is 12.3. The van der Waals surface area contributed by atoms with E-state index in [-0.39, 0.29) is 28.5 Å². The molecular formula is C19H20N4O4S2. The van der Waals surface area contributed by atoms with Crippen molar-refractivity contribution in [3.8, 4) is 5.75 Å². The fraction of sp³-hybridized carbons (Fsp3) is 0.211. The van der Waals surface area contributed by atoms with Gasteiger partial charge in [0.15, 0.2) is 0 Å². The summed E-state index contributed by atoms with van der Waals surface area (Å²) in [5, 5.41) is 10.1. The van der Waals surface area contributed by atoms with Gasteiger partial charge in [-0.3, -0.25) is 10.1 Å². The van der Waals surface area contributed by atoms with Crippen molar-refractivity contribution in [2.24, 2.45) is 0 Å². The predicted molar refractivity (Wildman–Crippen MR) is 111 cm³/mol. The third kappa shape index (κ3) is 5.59. The molecule has 0 saturated heterocycles. The van der Waals surface area contributed by atoms with Crippen LogP contribution in [0.2, 0.25) is 0 Å². The number of ether oxygens (including phenoxy) is 1. The van der Waals surface area contributed by atoms with Crippen LogP contribution >= 0.6 is 11.3 Å². The van der Waals surface area contributed by atoms with Gasteiger partial charge in [-0.2, -0.15) is 0 Å². The van der Waals surface area contributed by atoms with Crippen LogP contribution in [0.15, 0.2) is 52.9 Å². The van der Waals surface area contributed by atoms with Crippen LogP contribution in [0.3, 0.4) is 0 Å². The average molecular weight is 433 g/mol. The fourth-order valence-corrected chi connectivity index (χ4v) is 4.42. The quantitative estimate of drug-likeness (QED) is 0.418. The number of nitrogens with one attached hydrogen (secondary N) is 2. The van der Waals surface area contributed by atoms with Crippen LogP contribution in [0.5, 0.6) is 5.75 Å². The Balaban J connectivity index is 1.55. The number of sulfonamides is 1. The number of hydrogen-bond acceptors (Lipinski definition) is 7. The summed E-state index contributed by atoms with van der Waals surface area (Å²) in [6.07, 6.45) is 0. The van der Waals surface area contributed by atoms with Crippen molar-refractivity contribution in [3.63, 3.8) is 0 Å². The lowest BCUT2D eigenvalue weighted by Crippen LogP contribution is -2.28. The smallest absolute Gasteiger partial charge is 0.269 e. The standard InChI is InChI=1S/C19H20N4O4S2/c1-13-6-5-8-15(12-13)27-11-10-20-29(25,26)19-23-22-18(28-19)21-17(24)16-9-4-3-7-14(16)2/h3-9,12,20H,10-11H2,1-2H3,(H,21,22,24). The number of aryl methyl sites for hydroxylation is 2. The van der Waals surface area contributed by atoms with Gasteiger partial charge in [-0.15, -0.1) is 10.2 Å². The van der Waals surface area contributed by atoms with E-state index in [4.69, 9.17) is 4.74 Å². The lowest BCUT2D eigenvalue weighted by atomic mass is 10.1. The molecule has 3 aromatic rings. The number of hydrogen-bond donors (Lipinski definition) is 2. The number of nitrogens with zero attached hydrogens (tertiary/aromatic N) is 2. The average Bonchev–Trinajstić information content (AvgIpc) is 3.15. The van der Waals surface area contributed by atoms with Gasteiger partial charge in [-0.1, -0.05) is 41.7 Å². The van der Waals surface area contributed by atoms with Crippen molar-refractivity contribution in [2.45, 2.75) is 18.2 Å². The van der Waals surface area contributed by atoms with Crippen LogP contribution < -0.4 is 14.8 Å². The Bertz CT molecular complexity index is 1110. The number of rotatable bonds is 8. The van der Waals surface area contributed by atoms with Gasteiger partial charge < -0.3 is 4.74 Å². The molecule has 0 saturated carbocycles. The Hall–Kier alpha value is -2.82. The highest BCUT2D eigenvalue weighted by Crippen LogP contribution is 2.21. The van der Waals surface area contributed by atoms with Gasteiger partial charge in [0.2, 0.25) is 9.47 Å². The SMILES string of the molecule is Cc1cccc(OCCNS(=O)(=O)c2nnc(NC(=O)c3ccccc3C)s2)c1. The molecule has 0 fully saturated rings. The topological polar surface area (TPSA) is 110 Å². The van der Waals surface area contributed by atoms with E-state index >= 15 is 0 Å². The fourth-order valence-electron chi connectivity index (χ4n) is 2.47. The van der Waals surface area contributed by atoms with Crippen molar-refractivity contribution in [2.75, 3.05) is 18.5 Å². The van der Waals surface area contributed by atoms with Crippen LogP contribution in [0, 0.1) is 13.8 Å². The minimum Gasteiger partial charge on any atom is -0.492 e. The highest BCUT2D eigenvalue weighted by atomic mass is 32.2. The Morgan fingerprint density at radius 2 is 1.90 bits per heavy atom. The van der Waals surface area contributed by atoms with Crippen LogP contribution in [-0.4, -0.2) is 37.7 Å². The molecule has 29 heavy (non-hydrogen) atoms. The van der Waals surface area contributed by atoms with E-state index in [1.165, 1.54) is 0 Å². The van der Waals surface area contributed by atoms with E-state index in [1.807, 2.05) is 44.2 Å². The van der Waals surface area contributed by atoms with E-state index in [2.05, 4.69) is 20.2 Å². The number of benzene rings is 2. The highest BCUT2D eigenvalue weighted by Gasteiger charge is 2.21. The van der Waals surface area contributed by atoms with E-state index < -0.39 is 10.0 Å². The summed E-state index contributed by atoms with van der Waals surface area (Å²) in [7, 11) is -3.85. The molecule has 3 rings (SSSR count). The van der Waals surface area contributed by atoms with Crippen LogP contribution in [0.4, 0.5) is 5.13 Å². The second-order valence-corrected chi connectivity index (χ2v) is 9.12. The number of carbonyl (C=O) groups is 1. The number of aromatic nitrogens is 2. The van der Waals surface area contributed by atoms with Gasteiger partial charge in [0.25, 0.3) is 15.9 Å². The third-order valence-electron chi connectivity index (χ3n) is 3.90. The first-order valence-electron chi connectivity index (χ1n) is 8.75. The van der Waals surface area contributed by atoms with Gasteiger partial charge in [0.1, 0.15) is 12.4 Å². The first-order chi connectivity index (χ1) is 13.8. The molecule has 0 radical (unpaired) electrons. The van der Waals surface area contributed by atoms with Crippen LogP contribution in [-0.2, 0) is 10.0 Å². The second-order valence-electron chi connectivity index (χ2n) is 6.20. The number of amides is 1. The molecule has 152 valence electrons. The minimum atomic E-state index is -3.85. The Morgan fingerprint density at radius 1 is 1.10 bits per heavy atom. The summed E-state index contributed by atoms with van der Waals surface area (Å²) in [6.45, 7) is 3.99. The molecule has 1 aromatic heterocycles. The molecule has 0 bridgehead atoms. The Labute approximate surface area is 173 Å². The maximum absolute atomic E-state index is 12.3. The molecule has 0 atom stereocenters. The molecule has 1 amide bonds. The van der Waals surface area contributed by atoms with Crippen molar-refractivity contribution >= 4 is 32.4 Å². The molecule has 1 heterocycles. The Kier molecular flexibility index (Phi) is 6.57. The van der Waals surface area contributed by atoms with Gasteiger partial charge in [-0.25, -0.2) is 13.1 Å². The summed E-state index contributed by atoms with van der Waals surface area (Å²) in [5.41, 5.74) is 2.34. The van der Waals surface area contributed by atoms with Crippen LogP contribution in [0.1, 0.15) is 21.5 Å². The van der Waals surface area contributed by atoms with Gasteiger partial charge in [-0.05, 0) is 43.2 Å². The lowest BCUT2D eigenvalue weighted by molar-refractivity contribution is 0.102. The van der Waals surface area contributed by atoms with E-state index in [0.717, 1.165) is 22.5 Å². The summed E-state index contributed by atoms with van der Waals surface area (Å²) in [5.74, 6) is 0.295. The first kappa shape index (κ1) is 20.9. The first-order valence-corrected chi connectivity index (χ1v) is 11.0. The molecule has 8 nitrogen and oxygen atoms in total. The van der Waals surface area contributed by atoms with Crippen molar-refractivity contribution in [1.82, 2.24) is 14.9 Å². The zero-order chi connectivity index (χ0) is 20.9. The monoisotopic (exact) mass is 432 g/mol.